The number of hydrogen-bond acceptors (Lipinski definition) is 2. The molecule has 0 bridgehead atoms. The number of halogens is 1. The molecular weight excluding hydrogens is 248 g/mol. The molecule has 2 atom stereocenters. The highest BCUT2D eigenvalue weighted by molar-refractivity contribution is 6.30. The van der Waals surface area contributed by atoms with E-state index in [-0.39, 0.29) is 17.9 Å². The van der Waals surface area contributed by atoms with Gasteiger partial charge in [-0.1, -0.05) is 37.6 Å². The monoisotopic (exact) mass is 268 g/mol. The van der Waals surface area contributed by atoms with Crippen LogP contribution in [0.5, 0.6) is 0 Å². The van der Waals surface area contributed by atoms with Crippen molar-refractivity contribution in [2.75, 3.05) is 7.05 Å². The van der Waals surface area contributed by atoms with Crippen molar-refractivity contribution in [3.63, 3.8) is 0 Å². The van der Waals surface area contributed by atoms with E-state index in [2.05, 4.69) is 0 Å². The first-order valence-electron chi connectivity index (χ1n) is 6.12. The van der Waals surface area contributed by atoms with Gasteiger partial charge in [-0.05, 0) is 30.5 Å². The van der Waals surface area contributed by atoms with E-state index in [0.29, 0.717) is 5.02 Å². The lowest BCUT2D eigenvalue weighted by atomic mass is 10.0. The van der Waals surface area contributed by atoms with Gasteiger partial charge in [0.2, 0.25) is 5.91 Å². The number of likely N-dealkylation sites (N-methyl/N-ethyl adjacent to an activating group) is 1. The molecule has 0 fully saturated rings. The summed E-state index contributed by atoms with van der Waals surface area (Å²) in [6.45, 7) is 5.88. The van der Waals surface area contributed by atoms with E-state index < -0.39 is 6.04 Å². The molecule has 0 radical (unpaired) electrons. The maximum atomic E-state index is 12.1. The van der Waals surface area contributed by atoms with E-state index >= 15 is 0 Å². The first kappa shape index (κ1) is 15.0. The molecule has 1 aromatic carbocycles. The normalized spacial score (nSPS) is 14.4. The molecule has 0 saturated carbocycles. The highest BCUT2D eigenvalue weighted by Crippen LogP contribution is 2.21. The van der Waals surface area contributed by atoms with Gasteiger partial charge in [0.25, 0.3) is 0 Å². The summed E-state index contributed by atoms with van der Waals surface area (Å²) in [7, 11) is 1.78. The number of nitrogens with zero attached hydrogens (tertiary/aromatic N) is 1. The van der Waals surface area contributed by atoms with Gasteiger partial charge in [0.1, 0.15) is 0 Å². The minimum atomic E-state index is -0.454. The van der Waals surface area contributed by atoms with E-state index in [1.165, 1.54) is 0 Å². The molecule has 0 aliphatic rings. The topological polar surface area (TPSA) is 46.3 Å². The van der Waals surface area contributed by atoms with Gasteiger partial charge in [0.05, 0.1) is 12.1 Å². The van der Waals surface area contributed by atoms with Crippen molar-refractivity contribution < 1.29 is 4.79 Å². The number of amides is 1. The van der Waals surface area contributed by atoms with E-state index in [0.717, 1.165) is 5.56 Å². The molecular formula is C14H21ClN2O. The smallest absolute Gasteiger partial charge is 0.239 e. The molecule has 2 N–H and O–H groups in total. The SMILES string of the molecule is CC(C)[C@@H](N)C(=O)N(C)C(C)c1ccc(Cl)cc1. The zero-order chi connectivity index (χ0) is 13.9. The third-order valence-electron chi connectivity index (χ3n) is 3.28. The first-order chi connectivity index (χ1) is 8.34. The number of nitrogens with two attached hydrogens (primary N) is 1. The molecule has 3 nitrogen and oxygen atoms in total. The van der Waals surface area contributed by atoms with Crippen molar-refractivity contribution in [2.45, 2.75) is 32.9 Å². The fourth-order valence-electron chi connectivity index (χ4n) is 1.68. The molecule has 1 aromatic rings. The first-order valence-corrected chi connectivity index (χ1v) is 6.50. The van der Waals surface area contributed by atoms with Crippen molar-refractivity contribution >= 4 is 17.5 Å². The lowest BCUT2D eigenvalue weighted by Gasteiger charge is -2.29. The van der Waals surface area contributed by atoms with Crippen LogP contribution in [-0.2, 0) is 4.79 Å². The Hall–Kier alpha value is -1.06. The van der Waals surface area contributed by atoms with Crippen LogP contribution in [0, 0.1) is 5.92 Å². The van der Waals surface area contributed by atoms with Crippen LogP contribution in [0.3, 0.4) is 0 Å². The molecule has 100 valence electrons. The molecule has 1 rings (SSSR count). The van der Waals surface area contributed by atoms with E-state index in [4.69, 9.17) is 17.3 Å². The summed E-state index contributed by atoms with van der Waals surface area (Å²) in [5.41, 5.74) is 6.94. The second kappa shape index (κ2) is 6.21. The van der Waals surface area contributed by atoms with Gasteiger partial charge in [-0.15, -0.1) is 0 Å². The lowest BCUT2D eigenvalue weighted by molar-refractivity contribution is -0.134. The van der Waals surface area contributed by atoms with Crippen LogP contribution < -0.4 is 5.73 Å². The Kier molecular flexibility index (Phi) is 5.17. The summed E-state index contributed by atoms with van der Waals surface area (Å²) in [6.07, 6.45) is 0. The maximum Gasteiger partial charge on any atom is 0.239 e. The number of carbonyl (C=O) groups excluding carboxylic acids is 1. The molecule has 0 heterocycles. The Labute approximate surface area is 114 Å². The largest absolute Gasteiger partial charge is 0.338 e. The van der Waals surface area contributed by atoms with Crippen molar-refractivity contribution in [3.8, 4) is 0 Å². The minimum Gasteiger partial charge on any atom is -0.338 e. The summed E-state index contributed by atoms with van der Waals surface area (Å²) in [5.74, 6) is 0.102. The number of carbonyl (C=O) groups is 1. The van der Waals surface area contributed by atoms with Crippen LogP contribution in [-0.4, -0.2) is 23.9 Å². The van der Waals surface area contributed by atoms with Crippen LogP contribution in [0.1, 0.15) is 32.4 Å². The number of benzene rings is 1. The molecule has 0 saturated heterocycles. The predicted molar refractivity (Wildman–Crippen MR) is 75.5 cm³/mol. The van der Waals surface area contributed by atoms with Crippen LogP contribution in [0.2, 0.25) is 5.02 Å². The summed E-state index contributed by atoms with van der Waals surface area (Å²) in [6, 6.07) is 7.04. The third kappa shape index (κ3) is 3.47. The molecule has 1 unspecified atom stereocenters. The van der Waals surface area contributed by atoms with Crippen LogP contribution in [0.4, 0.5) is 0 Å². The maximum absolute atomic E-state index is 12.1. The molecule has 1 amide bonds. The third-order valence-corrected chi connectivity index (χ3v) is 3.54. The number of hydrogen-bond donors (Lipinski definition) is 1. The number of rotatable bonds is 4. The Bertz CT molecular complexity index is 403. The van der Waals surface area contributed by atoms with E-state index in [1.54, 1.807) is 11.9 Å². The Balaban J connectivity index is 2.80. The zero-order valence-corrected chi connectivity index (χ0v) is 12.1. The highest BCUT2D eigenvalue weighted by atomic mass is 35.5. The van der Waals surface area contributed by atoms with Crippen LogP contribution in [0.25, 0.3) is 0 Å². The highest BCUT2D eigenvalue weighted by Gasteiger charge is 2.24. The van der Waals surface area contributed by atoms with Gasteiger partial charge >= 0.3 is 0 Å². The fourth-order valence-corrected chi connectivity index (χ4v) is 1.80. The van der Waals surface area contributed by atoms with Gasteiger partial charge in [0, 0.05) is 12.1 Å². The van der Waals surface area contributed by atoms with E-state index in [9.17, 15) is 4.79 Å². The molecule has 0 spiro atoms. The van der Waals surface area contributed by atoms with Gasteiger partial charge in [-0.2, -0.15) is 0 Å². The van der Waals surface area contributed by atoms with Crippen molar-refractivity contribution in [1.82, 2.24) is 4.90 Å². The molecule has 0 aliphatic carbocycles. The van der Waals surface area contributed by atoms with Gasteiger partial charge in [0.15, 0.2) is 0 Å². The Morgan fingerprint density at radius 3 is 2.17 bits per heavy atom. The predicted octanol–water partition coefficient (Wildman–Crippen LogP) is 2.84. The van der Waals surface area contributed by atoms with E-state index in [1.807, 2.05) is 45.0 Å². The molecule has 18 heavy (non-hydrogen) atoms. The van der Waals surface area contributed by atoms with Crippen molar-refractivity contribution in [1.29, 1.82) is 0 Å². The summed E-state index contributed by atoms with van der Waals surface area (Å²) in [4.78, 5) is 13.8. The molecule has 0 aromatic heterocycles. The average molecular weight is 269 g/mol. The minimum absolute atomic E-state index is 0.0143. The second-order valence-corrected chi connectivity index (χ2v) is 5.38. The average Bonchev–Trinajstić information content (AvgIpc) is 2.36. The summed E-state index contributed by atoms with van der Waals surface area (Å²) < 4.78 is 0. The molecule has 4 heteroatoms. The quantitative estimate of drug-likeness (QED) is 0.913. The summed E-state index contributed by atoms with van der Waals surface area (Å²) in [5, 5.41) is 0.693. The van der Waals surface area contributed by atoms with Gasteiger partial charge < -0.3 is 10.6 Å². The zero-order valence-electron chi connectivity index (χ0n) is 11.4. The lowest BCUT2D eigenvalue weighted by Crippen LogP contribution is -2.45. The van der Waals surface area contributed by atoms with Crippen molar-refractivity contribution in [2.24, 2.45) is 11.7 Å². The van der Waals surface area contributed by atoms with Crippen LogP contribution in [0.15, 0.2) is 24.3 Å². The van der Waals surface area contributed by atoms with Crippen molar-refractivity contribution in [3.05, 3.63) is 34.9 Å². The Morgan fingerprint density at radius 1 is 1.22 bits per heavy atom. The van der Waals surface area contributed by atoms with Gasteiger partial charge in [-0.25, -0.2) is 0 Å². The second-order valence-electron chi connectivity index (χ2n) is 4.95. The molecule has 0 aliphatic heterocycles. The van der Waals surface area contributed by atoms with Gasteiger partial charge in [-0.3, -0.25) is 4.79 Å². The summed E-state index contributed by atoms with van der Waals surface area (Å²) >= 11 is 5.85. The standard InChI is InChI=1S/C14H21ClN2O/c1-9(2)13(16)14(18)17(4)10(3)11-5-7-12(15)8-6-11/h5-10,13H,16H2,1-4H3/t10?,13-/m1/s1. The van der Waals surface area contributed by atoms with Crippen LogP contribution >= 0.6 is 11.6 Å². The fraction of sp³-hybridized carbons (Fsp3) is 0.500. The Morgan fingerprint density at radius 2 is 1.72 bits per heavy atom.